The maximum atomic E-state index is 12.2. The molecule has 2 heterocycles. The average molecular weight is 698 g/mol. The lowest BCUT2D eigenvalue weighted by Gasteiger charge is -2.41. The van der Waals surface area contributed by atoms with Crippen molar-refractivity contribution >= 4 is 45.3 Å². The highest BCUT2D eigenvalue weighted by Gasteiger charge is 2.38. The summed E-state index contributed by atoms with van der Waals surface area (Å²) in [7, 11) is 0. The summed E-state index contributed by atoms with van der Waals surface area (Å²) in [5.41, 5.74) is 6.67. The van der Waals surface area contributed by atoms with Gasteiger partial charge in [0.1, 0.15) is 6.54 Å². The number of para-hydroxylation sites is 1. The van der Waals surface area contributed by atoms with Gasteiger partial charge in [-0.1, -0.05) is 91.5 Å². The van der Waals surface area contributed by atoms with Crippen LogP contribution in [-0.2, 0) is 32.2 Å². The molecule has 3 N–H and O–H groups in total. The number of nitrogens with zero attached hydrogens (tertiary/aromatic N) is 1. The molecule has 49 heavy (non-hydrogen) atoms. The van der Waals surface area contributed by atoms with Crippen LogP contribution in [0.4, 0.5) is 4.79 Å². The van der Waals surface area contributed by atoms with Crippen LogP contribution in [0.15, 0.2) is 101 Å². The van der Waals surface area contributed by atoms with Crippen molar-refractivity contribution in [2.24, 2.45) is 5.92 Å². The zero-order valence-electron chi connectivity index (χ0n) is 27.3. The third-order valence-electron chi connectivity index (χ3n) is 8.34. The number of ether oxygens (including phenoxy) is 3. The van der Waals surface area contributed by atoms with Crippen LogP contribution < -0.4 is 10.6 Å². The molecule has 0 aliphatic carbocycles. The number of hydrogen-bond donors (Lipinski definition) is 3. The van der Waals surface area contributed by atoms with E-state index in [1.54, 1.807) is 30.0 Å². The highest BCUT2D eigenvalue weighted by atomic mass is 32.2. The normalized spacial score (nSPS) is 19.0. The van der Waals surface area contributed by atoms with Gasteiger partial charge in [0.15, 0.2) is 10.6 Å². The van der Waals surface area contributed by atoms with Crippen molar-refractivity contribution in [1.82, 2.24) is 15.6 Å². The minimum Gasteiger partial charge on any atom is -0.465 e. The Balaban J connectivity index is 1.19. The summed E-state index contributed by atoms with van der Waals surface area (Å²) in [6.45, 7) is 4.24. The lowest BCUT2D eigenvalue weighted by atomic mass is 9.91. The molecule has 1 aliphatic rings. The number of hydrogen-bond acceptors (Lipinski definition) is 9. The molecule has 254 valence electrons. The van der Waals surface area contributed by atoms with Crippen molar-refractivity contribution in [3.8, 4) is 11.1 Å². The largest absolute Gasteiger partial charge is 0.465 e. The number of benzene rings is 4. The molecule has 1 aliphatic heterocycles. The van der Waals surface area contributed by atoms with Gasteiger partial charge in [0.25, 0.3) is 0 Å². The number of fused-ring (bicyclic) bond motifs is 1. The summed E-state index contributed by atoms with van der Waals surface area (Å²) in [5, 5.41) is 14.9. The van der Waals surface area contributed by atoms with Gasteiger partial charge in [-0.3, -0.25) is 4.79 Å². The lowest BCUT2D eigenvalue weighted by molar-refractivity contribution is -0.268. The standard InChI is InChI=1S/C38H39N3O6S2/c1-3-45-34(43)21-40-37(44)39-20-26-8-6-9-28(18-26)29-10-7-11-30(19-29)36-46-32(23-48-38-41-31-12-4-5-13-33(31)49-38)24(2)35(47-36)27-16-14-25(22-42)15-17-27/h4-19,24,32,35-36,42H,3,20-23H2,1-2H3,(H2,39,40,44). The second-order valence-electron chi connectivity index (χ2n) is 11.7. The summed E-state index contributed by atoms with van der Waals surface area (Å²) < 4.78 is 20.5. The van der Waals surface area contributed by atoms with Crippen molar-refractivity contribution in [1.29, 1.82) is 0 Å². The van der Waals surface area contributed by atoms with Crippen LogP contribution in [0.5, 0.6) is 0 Å². The second kappa shape index (κ2) is 16.4. The smallest absolute Gasteiger partial charge is 0.325 e. The third kappa shape index (κ3) is 8.86. The first kappa shape index (κ1) is 34.6. The van der Waals surface area contributed by atoms with E-state index in [1.165, 1.54) is 4.70 Å². The first-order valence-corrected chi connectivity index (χ1v) is 18.1. The second-order valence-corrected chi connectivity index (χ2v) is 14.0. The van der Waals surface area contributed by atoms with Gasteiger partial charge in [-0.2, -0.15) is 0 Å². The average Bonchev–Trinajstić information content (AvgIpc) is 3.56. The van der Waals surface area contributed by atoms with Crippen molar-refractivity contribution in [3.05, 3.63) is 119 Å². The first-order chi connectivity index (χ1) is 23.9. The minimum atomic E-state index is -0.604. The van der Waals surface area contributed by atoms with Gasteiger partial charge in [0.05, 0.1) is 35.6 Å². The molecule has 1 fully saturated rings. The van der Waals surface area contributed by atoms with Crippen molar-refractivity contribution in [2.45, 2.75) is 49.8 Å². The Morgan fingerprint density at radius 1 is 0.898 bits per heavy atom. The summed E-state index contributed by atoms with van der Waals surface area (Å²) >= 11 is 3.40. The molecular weight excluding hydrogens is 659 g/mol. The predicted octanol–water partition coefficient (Wildman–Crippen LogP) is 7.40. The van der Waals surface area contributed by atoms with Crippen LogP contribution in [0.2, 0.25) is 0 Å². The maximum Gasteiger partial charge on any atom is 0.325 e. The van der Waals surface area contributed by atoms with Crippen LogP contribution >= 0.6 is 23.1 Å². The van der Waals surface area contributed by atoms with Crippen molar-refractivity contribution < 1.29 is 28.9 Å². The number of urea groups is 1. The number of nitrogens with one attached hydrogen (secondary N) is 2. The Kier molecular flexibility index (Phi) is 11.6. The molecule has 0 spiro atoms. The summed E-state index contributed by atoms with van der Waals surface area (Å²) in [4.78, 5) is 28.6. The molecule has 2 amide bonds. The number of aromatic nitrogens is 1. The minimum absolute atomic E-state index is 0.0126. The lowest BCUT2D eigenvalue weighted by Crippen LogP contribution is -2.38. The zero-order valence-corrected chi connectivity index (χ0v) is 29.0. The van der Waals surface area contributed by atoms with Crippen molar-refractivity contribution in [2.75, 3.05) is 18.9 Å². The number of thioether (sulfide) groups is 1. The van der Waals surface area contributed by atoms with E-state index >= 15 is 0 Å². The van der Waals surface area contributed by atoms with Gasteiger partial charge >= 0.3 is 12.0 Å². The number of carbonyl (C=O) groups is 2. The molecule has 4 aromatic carbocycles. The fraction of sp³-hybridized carbons (Fsp3) is 0.289. The van der Waals surface area contributed by atoms with Crippen LogP contribution in [-0.4, -0.2) is 47.1 Å². The van der Waals surface area contributed by atoms with E-state index in [0.29, 0.717) is 12.3 Å². The molecule has 6 rings (SSSR count). The molecule has 0 radical (unpaired) electrons. The monoisotopic (exact) mass is 697 g/mol. The Hall–Kier alpha value is -4.26. The van der Waals surface area contributed by atoms with Gasteiger partial charge in [-0.15, -0.1) is 11.3 Å². The number of rotatable bonds is 12. The van der Waals surface area contributed by atoms with E-state index in [2.05, 4.69) is 29.7 Å². The molecule has 4 unspecified atom stereocenters. The molecule has 11 heteroatoms. The number of aliphatic hydroxyl groups is 1. The van der Waals surface area contributed by atoms with Gasteiger partial charge < -0.3 is 30.0 Å². The molecule has 5 aromatic rings. The van der Waals surface area contributed by atoms with E-state index in [1.807, 2.05) is 84.9 Å². The molecule has 9 nitrogen and oxygen atoms in total. The van der Waals surface area contributed by atoms with Crippen molar-refractivity contribution in [3.63, 3.8) is 0 Å². The maximum absolute atomic E-state index is 12.2. The third-order valence-corrected chi connectivity index (χ3v) is 10.6. The SMILES string of the molecule is CCOC(=O)CNC(=O)NCc1cccc(-c2cccc(C3OC(CSc4nc5ccccc5s4)C(C)C(c4ccc(CO)cc4)O3)c2)c1. The number of amides is 2. The zero-order chi connectivity index (χ0) is 34.2. The first-order valence-electron chi connectivity index (χ1n) is 16.3. The van der Waals surface area contributed by atoms with E-state index in [4.69, 9.17) is 19.2 Å². The predicted molar refractivity (Wildman–Crippen MR) is 192 cm³/mol. The molecule has 1 saturated heterocycles. The van der Waals surface area contributed by atoms with E-state index in [0.717, 1.165) is 43.2 Å². The van der Waals surface area contributed by atoms with Gasteiger partial charge in [-0.25, -0.2) is 9.78 Å². The van der Waals surface area contributed by atoms with Gasteiger partial charge in [-0.05, 0) is 59.0 Å². The highest BCUT2D eigenvalue weighted by Crippen LogP contribution is 2.44. The highest BCUT2D eigenvalue weighted by molar-refractivity contribution is 8.01. The van der Waals surface area contributed by atoms with Crippen LogP contribution in [0.3, 0.4) is 0 Å². The van der Waals surface area contributed by atoms with Crippen LogP contribution in [0.1, 0.15) is 48.5 Å². The number of carbonyl (C=O) groups excluding carboxylic acids is 2. The topological polar surface area (TPSA) is 119 Å². The number of esters is 1. The van der Waals surface area contributed by atoms with E-state index in [-0.39, 0.29) is 37.9 Å². The molecule has 0 saturated carbocycles. The van der Waals surface area contributed by atoms with E-state index in [9.17, 15) is 14.7 Å². The molecule has 1 aromatic heterocycles. The number of aliphatic hydroxyl groups excluding tert-OH is 1. The fourth-order valence-electron chi connectivity index (χ4n) is 5.71. The fourth-order valence-corrected chi connectivity index (χ4v) is 7.97. The molecule has 4 atom stereocenters. The summed E-state index contributed by atoms with van der Waals surface area (Å²) in [6, 6.07) is 31.7. The Bertz CT molecular complexity index is 1850. The Morgan fingerprint density at radius 3 is 2.45 bits per heavy atom. The Morgan fingerprint density at radius 2 is 1.67 bits per heavy atom. The van der Waals surface area contributed by atoms with Gasteiger partial charge in [0, 0.05) is 23.8 Å². The Labute approximate surface area is 294 Å². The summed E-state index contributed by atoms with van der Waals surface area (Å²) in [5.74, 6) is 0.290. The number of thiazole rings is 1. The van der Waals surface area contributed by atoms with E-state index < -0.39 is 18.3 Å². The summed E-state index contributed by atoms with van der Waals surface area (Å²) in [6.07, 6.45) is -0.945. The van der Waals surface area contributed by atoms with Crippen LogP contribution in [0, 0.1) is 5.92 Å². The molecular formula is C38H39N3O6S2. The van der Waals surface area contributed by atoms with Gasteiger partial charge in [0.2, 0.25) is 0 Å². The quantitative estimate of drug-likeness (QED) is 0.0912. The van der Waals surface area contributed by atoms with Crippen LogP contribution in [0.25, 0.3) is 21.3 Å². The molecule has 0 bridgehead atoms.